The Bertz CT molecular complexity index is 666. The zero-order valence-electron chi connectivity index (χ0n) is 11.7. The van der Waals surface area contributed by atoms with E-state index in [0.717, 1.165) is 47.8 Å². The van der Waals surface area contributed by atoms with Gasteiger partial charge in [0.15, 0.2) is 0 Å². The Morgan fingerprint density at radius 3 is 2.29 bits per heavy atom. The van der Waals surface area contributed by atoms with Gasteiger partial charge in [-0.3, -0.25) is 0 Å². The number of fused-ring (bicyclic) bond motifs is 1. The van der Waals surface area contributed by atoms with Crippen LogP contribution in [0.5, 0.6) is 0 Å². The Labute approximate surface area is 157 Å². The normalized spacial score (nSPS) is 11.6. The molecule has 0 fully saturated rings. The van der Waals surface area contributed by atoms with Crippen LogP contribution in [0, 0.1) is 0 Å². The molecule has 4 nitrogen and oxygen atoms in total. The maximum Gasteiger partial charge on any atom is 0.204 e. The molecule has 8 heteroatoms. The molecular formula is C13H16Br4N4. The van der Waals surface area contributed by atoms with Gasteiger partial charge in [-0.15, -0.1) is 0 Å². The Kier molecular flexibility index (Phi) is 6.15. The fourth-order valence-corrected chi connectivity index (χ4v) is 4.48. The minimum Gasteiger partial charge on any atom is -0.356 e. The summed E-state index contributed by atoms with van der Waals surface area (Å²) in [6, 6.07) is 0.284. The van der Waals surface area contributed by atoms with Gasteiger partial charge >= 0.3 is 0 Å². The summed E-state index contributed by atoms with van der Waals surface area (Å²) in [5.41, 5.74) is 7.53. The van der Waals surface area contributed by atoms with Gasteiger partial charge < -0.3 is 15.6 Å². The molecule has 2 aromatic rings. The number of hydrogen-bond acceptors (Lipinski definition) is 3. The molecule has 0 spiro atoms. The van der Waals surface area contributed by atoms with E-state index in [0.29, 0.717) is 6.54 Å². The number of halogens is 4. The lowest BCUT2D eigenvalue weighted by Crippen LogP contribution is -2.13. The van der Waals surface area contributed by atoms with Crippen molar-refractivity contribution in [3.63, 3.8) is 0 Å². The highest BCUT2D eigenvalue weighted by Gasteiger charge is 2.22. The van der Waals surface area contributed by atoms with E-state index in [9.17, 15) is 0 Å². The predicted octanol–water partition coefficient (Wildman–Crippen LogP) is 5.43. The van der Waals surface area contributed by atoms with Gasteiger partial charge in [0.1, 0.15) is 5.52 Å². The van der Waals surface area contributed by atoms with E-state index in [1.54, 1.807) is 0 Å². The van der Waals surface area contributed by atoms with E-state index in [-0.39, 0.29) is 6.04 Å². The van der Waals surface area contributed by atoms with Gasteiger partial charge in [-0.2, -0.15) is 0 Å². The van der Waals surface area contributed by atoms with E-state index in [4.69, 9.17) is 10.7 Å². The second kappa shape index (κ2) is 7.29. The molecule has 0 saturated heterocycles. The van der Waals surface area contributed by atoms with Crippen molar-refractivity contribution in [2.75, 3.05) is 18.4 Å². The summed E-state index contributed by atoms with van der Waals surface area (Å²) in [5, 5.41) is 3.38. The molecule has 0 atom stereocenters. The van der Waals surface area contributed by atoms with E-state index in [1.165, 1.54) is 0 Å². The van der Waals surface area contributed by atoms with Crippen LogP contribution in [0.2, 0.25) is 0 Å². The third-order valence-electron chi connectivity index (χ3n) is 3.09. The second-order valence-electron chi connectivity index (χ2n) is 4.92. The molecule has 1 aromatic heterocycles. The molecule has 0 unspecified atom stereocenters. The number of aromatic nitrogens is 2. The monoisotopic (exact) mass is 544 g/mol. The maximum atomic E-state index is 5.56. The van der Waals surface area contributed by atoms with Crippen molar-refractivity contribution in [1.29, 1.82) is 0 Å². The fourth-order valence-electron chi connectivity index (χ4n) is 2.13. The minimum atomic E-state index is 0.284. The van der Waals surface area contributed by atoms with Crippen LogP contribution < -0.4 is 11.1 Å². The molecule has 0 aliphatic carbocycles. The van der Waals surface area contributed by atoms with Gasteiger partial charge in [0.05, 0.1) is 14.5 Å². The van der Waals surface area contributed by atoms with E-state index >= 15 is 0 Å². The average Bonchev–Trinajstić information content (AvgIpc) is 2.83. The van der Waals surface area contributed by atoms with Crippen LogP contribution in [0.3, 0.4) is 0 Å². The molecule has 0 saturated carbocycles. The molecule has 2 rings (SSSR count). The summed E-state index contributed by atoms with van der Waals surface area (Å²) in [5.74, 6) is 0.861. The van der Waals surface area contributed by atoms with Crippen LogP contribution in [0.1, 0.15) is 26.3 Å². The highest BCUT2D eigenvalue weighted by Crippen LogP contribution is 2.44. The molecule has 1 heterocycles. The van der Waals surface area contributed by atoms with Crippen molar-refractivity contribution in [3.8, 4) is 0 Å². The molecule has 1 aromatic carbocycles. The number of nitrogens with zero attached hydrogens (tertiary/aromatic N) is 2. The van der Waals surface area contributed by atoms with Gasteiger partial charge in [-0.25, -0.2) is 4.98 Å². The van der Waals surface area contributed by atoms with Crippen LogP contribution in [-0.4, -0.2) is 22.6 Å². The molecular weight excluding hydrogens is 532 g/mol. The lowest BCUT2D eigenvalue weighted by Gasteiger charge is -2.15. The molecule has 0 aliphatic heterocycles. The van der Waals surface area contributed by atoms with Gasteiger partial charge in [-0.1, -0.05) is 0 Å². The van der Waals surface area contributed by atoms with E-state index in [2.05, 4.69) is 87.5 Å². The topological polar surface area (TPSA) is 55.9 Å². The smallest absolute Gasteiger partial charge is 0.204 e. The summed E-state index contributed by atoms with van der Waals surface area (Å²) in [7, 11) is 0. The first kappa shape index (κ1) is 17.7. The maximum absolute atomic E-state index is 5.56. The zero-order chi connectivity index (χ0) is 15.7. The van der Waals surface area contributed by atoms with Crippen LogP contribution in [-0.2, 0) is 0 Å². The summed E-state index contributed by atoms with van der Waals surface area (Å²) in [6.07, 6.45) is 0.914. The quantitative estimate of drug-likeness (QED) is 0.298. The van der Waals surface area contributed by atoms with Crippen molar-refractivity contribution >= 4 is 80.7 Å². The van der Waals surface area contributed by atoms with Crippen LogP contribution in [0.15, 0.2) is 17.9 Å². The highest BCUT2D eigenvalue weighted by molar-refractivity contribution is 9.15. The number of benzene rings is 1. The van der Waals surface area contributed by atoms with Crippen LogP contribution in [0.4, 0.5) is 5.95 Å². The fraction of sp³-hybridized carbons (Fsp3) is 0.462. The predicted molar refractivity (Wildman–Crippen MR) is 103 cm³/mol. The molecule has 0 amide bonds. The van der Waals surface area contributed by atoms with Crippen molar-refractivity contribution < 1.29 is 0 Å². The molecule has 0 aliphatic rings. The first-order chi connectivity index (χ1) is 9.90. The van der Waals surface area contributed by atoms with Gasteiger partial charge in [-0.05, 0) is 90.5 Å². The van der Waals surface area contributed by atoms with Crippen LogP contribution in [0.25, 0.3) is 11.0 Å². The van der Waals surface area contributed by atoms with Crippen molar-refractivity contribution in [2.45, 2.75) is 26.3 Å². The lowest BCUT2D eigenvalue weighted by molar-refractivity contribution is 0.620. The molecule has 21 heavy (non-hydrogen) atoms. The summed E-state index contributed by atoms with van der Waals surface area (Å²) < 4.78 is 6.04. The number of nitrogens with one attached hydrogen (secondary N) is 1. The summed E-state index contributed by atoms with van der Waals surface area (Å²) >= 11 is 14.5. The number of anilines is 1. The first-order valence-corrected chi connectivity index (χ1v) is 9.75. The number of imidazole rings is 1. The standard InChI is InChI=1S/C13H16Br4N4/c1-6(2)21-12-10(17)8(15)7(14)9(16)11(12)20-13(21)19-5-3-4-18/h6H,3-5,18H2,1-2H3,(H,19,20). The van der Waals surface area contributed by atoms with Gasteiger partial charge in [0.25, 0.3) is 0 Å². The highest BCUT2D eigenvalue weighted by atomic mass is 79.9. The second-order valence-corrected chi connectivity index (χ2v) is 8.09. The van der Waals surface area contributed by atoms with Crippen LogP contribution >= 0.6 is 63.7 Å². The largest absolute Gasteiger partial charge is 0.356 e. The summed E-state index contributed by atoms with van der Waals surface area (Å²) in [6.45, 7) is 5.76. The Morgan fingerprint density at radius 2 is 1.71 bits per heavy atom. The van der Waals surface area contributed by atoms with E-state index in [1.807, 2.05) is 0 Å². The molecule has 3 N–H and O–H groups in total. The number of hydrogen-bond donors (Lipinski definition) is 2. The Balaban J connectivity index is 2.68. The lowest BCUT2D eigenvalue weighted by atomic mass is 10.3. The van der Waals surface area contributed by atoms with E-state index < -0.39 is 0 Å². The number of rotatable bonds is 5. The minimum absolute atomic E-state index is 0.284. The Hall–Kier alpha value is 0.370. The van der Waals surface area contributed by atoms with Gasteiger partial charge in [0, 0.05) is 21.5 Å². The summed E-state index contributed by atoms with van der Waals surface area (Å²) in [4.78, 5) is 4.75. The third-order valence-corrected chi connectivity index (χ3v) is 7.81. The molecule has 0 bridgehead atoms. The van der Waals surface area contributed by atoms with Crippen molar-refractivity contribution in [1.82, 2.24) is 9.55 Å². The van der Waals surface area contributed by atoms with Crippen molar-refractivity contribution in [3.05, 3.63) is 17.9 Å². The third kappa shape index (κ3) is 3.34. The molecule has 116 valence electrons. The average molecular weight is 548 g/mol. The SMILES string of the molecule is CC(C)n1c(NCCCN)nc2c(Br)c(Br)c(Br)c(Br)c21. The van der Waals surface area contributed by atoms with Crippen molar-refractivity contribution in [2.24, 2.45) is 5.73 Å². The molecule has 0 radical (unpaired) electrons. The van der Waals surface area contributed by atoms with Gasteiger partial charge in [0.2, 0.25) is 5.95 Å². The first-order valence-electron chi connectivity index (χ1n) is 6.58. The zero-order valence-corrected chi connectivity index (χ0v) is 18.0. The number of nitrogens with two attached hydrogens (primary N) is 1. The Morgan fingerprint density at radius 1 is 1.10 bits per heavy atom.